The molecule has 0 unspecified atom stereocenters. The topological polar surface area (TPSA) is 49.4 Å². The smallest absolute Gasteiger partial charge is 0.255 e. The number of thioether (sulfide) groups is 1. The van der Waals surface area contributed by atoms with Gasteiger partial charge in [0.15, 0.2) is 0 Å². The van der Waals surface area contributed by atoms with E-state index in [1.165, 1.54) is 24.3 Å². The summed E-state index contributed by atoms with van der Waals surface area (Å²) in [5, 5.41) is 2.70. The summed E-state index contributed by atoms with van der Waals surface area (Å²) in [6, 6.07) is 19.0. The number of nitrogens with one attached hydrogen (secondary N) is 1. The molecule has 2 amide bonds. The van der Waals surface area contributed by atoms with E-state index in [4.69, 9.17) is 0 Å². The summed E-state index contributed by atoms with van der Waals surface area (Å²) in [6.45, 7) is 4.03. The summed E-state index contributed by atoms with van der Waals surface area (Å²) in [7, 11) is 0. The van der Waals surface area contributed by atoms with Crippen LogP contribution in [0.4, 0.5) is 15.8 Å². The van der Waals surface area contributed by atoms with Gasteiger partial charge in [0.1, 0.15) is 11.2 Å². The second kappa shape index (κ2) is 8.32. The highest BCUT2D eigenvalue weighted by molar-refractivity contribution is 8.00. The van der Waals surface area contributed by atoms with E-state index < -0.39 is 0 Å². The number of nitrogens with zero attached hydrogens (tertiary/aromatic N) is 1. The van der Waals surface area contributed by atoms with E-state index in [9.17, 15) is 14.0 Å². The second-order valence-electron chi connectivity index (χ2n) is 7.30. The van der Waals surface area contributed by atoms with Crippen LogP contribution >= 0.6 is 11.8 Å². The van der Waals surface area contributed by atoms with Crippen molar-refractivity contribution in [1.82, 2.24) is 0 Å². The molecule has 4 rings (SSSR count). The fourth-order valence-corrected chi connectivity index (χ4v) is 4.61. The van der Waals surface area contributed by atoms with Gasteiger partial charge >= 0.3 is 0 Å². The Bertz CT molecular complexity index is 1100. The number of hydrogen-bond donors (Lipinski definition) is 1. The van der Waals surface area contributed by atoms with Crippen LogP contribution in [-0.4, -0.2) is 17.6 Å². The molecule has 3 aromatic rings. The van der Waals surface area contributed by atoms with Crippen molar-refractivity contribution in [2.24, 2.45) is 0 Å². The molecule has 0 radical (unpaired) electrons. The quantitative estimate of drug-likeness (QED) is 0.609. The van der Waals surface area contributed by atoms with E-state index in [2.05, 4.69) is 5.32 Å². The van der Waals surface area contributed by atoms with Crippen LogP contribution in [0, 0.1) is 19.7 Å². The lowest BCUT2D eigenvalue weighted by atomic mass is 10.1. The zero-order chi connectivity index (χ0) is 21.3. The first-order valence-corrected chi connectivity index (χ1v) is 10.6. The van der Waals surface area contributed by atoms with Gasteiger partial charge in [0.2, 0.25) is 5.91 Å². The Hall–Kier alpha value is -3.12. The van der Waals surface area contributed by atoms with Crippen molar-refractivity contribution in [3.63, 3.8) is 0 Å². The van der Waals surface area contributed by atoms with Crippen molar-refractivity contribution in [3.05, 3.63) is 94.8 Å². The molecule has 0 aliphatic carbocycles. The number of halogens is 1. The number of aryl methyl sites for hydroxylation is 2. The van der Waals surface area contributed by atoms with Gasteiger partial charge in [-0.05, 0) is 73.0 Å². The molecule has 1 N–H and O–H groups in total. The zero-order valence-corrected chi connectivity index (χ0v) is 17.5. The van der Waals surface area contributed by atoms with Crippen molar-refractivity contribution in [3.8, 4) is 0 Å². The van der Waals surface area contributed by atoms with Gasteiger partial charge in [-0.15, -0.1) is 11.8 Å². The molecule has 1 saturated heterocycles. The largest absolute Gasteiger partial charge is 0.322 e. The first-order valence-electron chi connectivity index (χ1n) is 9.60. The zero-order valence-electron chi connectivity index (χ0n) is 16.7. The van der Waals surface area contributed by atoms with Gasteiger partial charge in [0.05, 0.1) is 5.75 Å². The molecule has 1 aliphatic heterocycles. The Morgan fingerprint density at radius 3 is 2.43 bits per heavy atom. The van der Waals surface area contributed by atoms with Crippen LogP contribution in [-0.2, 0) is 4.79 Å². The molecule has 3 aromatic carbocycles. The van der Waals surface area contributed by atoms with Crippen molar-refractivity contribution in [2.75, 3.05) is 16.0 Å². The highest BCUT2D eigenvalue weighted by atomic mass is 32.2. The maximum atomic E-state index is 13.0. The average Bonchev–Trinajstić information content (AvgIpc) is 3.12. The van der Waals surface area contributed by atoms with Crippen molar-refractivity contribution < 1.29 is 14.0 Å². The Morgan fingerprint density at radius 1 is 1.03 bits per heavy atom. The predicted molar refractivity (Wildman–Crippen MR) is 119 cm³/mol. The number of anilines is 2. The van der Waals surface area contributed by atoms with Crippen LogP contribution in [0.25, 0.3) is 0 Å². The van der Waals surface area contributed by atoms with Crippen LogP contribution in [0.2, 0.25) is 0 Å². The summed E-state index contributed by atoms with van der Waals surface area (Å²) in [6.07, 6.45) is 0. The fraction of sp³-hybridized carbons (Fsp3) is 0.167. The van der Waals surface area contributed by atoms with Gasteiger partial charge in [-0.3, -0.25) is 14.5 Å². The van der Waals surface area contributed by atoms with E-state index in [1.54, 1.807) is 11.8 Å². The third kappa shape index (κ3) is 4.09. The van der Waals surface area contributed by atoms with Crippen molar-refractivity contribution in [1.29, 1.82) is 0 Å². The predicted octanol–water partition coefficient (Wildman–Crippen LogP) is 5.47. The SMILES string of the molecule is Cc1ccc(C)c(N2C(=O)CS[C@H]2c2ccc(NC(=O)c3ccc(F)cc3)cc2)c1. The van der Waals surface area contributed by atoms with Crippen LogP contribution in [0.1, 0.15) is 32.4 Å². The Morgan fingerprint density at radius 2 is 1.73 bits per heavy atom. The highest BCUT2D eigenvalue weighted by Gasteiger charge is 2.34. The monoisotopic (exact) mass is 420 g/mol. The molecule has 1 aliphatic rings. The second-order valence-corrected chi connectivity index (χ2v) is 8.37. The van der Waals surface area contributed by atoms with Gasteiger partial charge in [-0.25, -0.2) is 4.39 Å². The first kappa shape index (κ1) is 20.2. The molecule has 0 bridgehead atoms. The molecule has 1 atom stereocenters. The number of carbonyl (C=O) groups is 2. The Labute approximate surface area is 179 Å². The number of rotatable bonds is 4. The average molecular weight is 421 g/mol. The first-order chi connectivity index (χ1) is 14.4. The number of benzene rings is 3. The number of hydrogen-bond acceptors (Lipinski definition) is 3. The Balaban J connectivity index is 1.54. The minimum Gasteiger partial charge on any atom is -0.322 e. The minimum absolute atomic E-state index is 0.0902. The third-order valence-electron chi connectivity index (χ3n) is 5.05. The molecule has 1 fully saturated rings. The summed E-state index contributed by atoms with van der Waals surface area (Å²) in [5.41, 5.74) is 5.12. The summed E-state index contributed by atoms with van der Waals surface area (Å²) in [5.74, 6) is -0.160. The molecule has 0 aromatic heterocycles. The third-order valence-corrected chi connectivity index (χ3v) is 6.26. The van der Waals surface area contributed by atoms with Gasteiger partial charge in [0, 0.05) is 16.9 Å². The van der Waals surface area contributed by atoms with E-state index in [0.29, 0.717) is 17.0 Å². The molecule has 1 heterocycles. The Kier molecular flexibility index (Phi) is 5.59. The lowest BCUT2D eigenvalue weighted by Gasteiger charge is -2.26. The maximum Gasteiger partial charge on any atom is 0.255 e. The highest BCUT2D eigenvalue weighted by Crippen LogP contribution is 2.43. The van der Waals surface area contributed by atoms with Crippen molar-refractivity contribution in [2.45, 2.75) is 19.2 Å². The van der Waals surface area contributed by atoms with E-state index >= 15 is 0 Å². The van der Waals surface area contributed by atoms with E-state index in [0.717, 1.165) is 22.4 Å². The van der Waals surface area contributed by atoms with Crippen LogP contribution < -0.4 is 10.2 Å². The molecular weight excluding hydrogens is 399 g/mol. The van der Waals surface area contributed by atoms with E-state index in [-0.39, 0.29) is 23.0 Å². The maximum absolute atomic E-state index is 13.0. The van der Waals surface area contributed by atoms with Crippen molar-refractivity contribution >= 4 is 35.0 Å². The number of carbonyl (C=O) groups excluding carboxylic acids is 2. The molecule has 0 spiro atoms. The summed E-state index contributed by atoms with van der Waals surface area (Å²) in [4.78, 5) is 26.8. The minimum atomic E-state index is -0.382. The van der Waals surface area contributed by atoms with Crippen LogP contribution in [0.3, 0.4) is 0 Å². The van der Waals surface area contributed by atoms with Crippen LogP contribution in [0.15, 0.2) is 66.7 Å². The molecule has 0 saturated carbocycles. The lowest BCUT2D eigenvalue weighted by molar-refractivity contribution is -0.115. The summed E-state index contributed by atoms with van der Waals surface area (Å²) >= 11 is 1.59. The van der Waals surface area contributed by atoms with Gasteiger partial charge in [-0.2, -0.15) is 0 Å². The molecule has 6 heteroatoms. The van der Waals surface area contributed by atoms with Gasteiger partial charge in [-0.1, -0.05) is 24.3 Å². The van der Waals surface area contributed by atoms with Gasteiger partial charge < -0.3 is 5.32 Å². The normalized spacial score (nSPS) is 16.0. The molecule has 4 nitrogen and oxygen atoms in total. The lowest BCUT2D eigenvalue weighted by Crippen LogP contribution is -2.28. The molecule has 30 heavy (non-hydrogen) atoms. The van der Waals surface area contributed by atoms with Crippen LogP contribution in [0.5, 0.6) is 0 Å². The number of amides is 2. The van der Waals surface area contributed by atoms with Gasteiger partial charge in [0.25, 0.3) is 5.91 Å². The molecular formula is C24H21FN2O2S. The standard InChI is InChI=1S/C24H21FN2O2S/c1-15-3-4-16(2)21(13-15)27-22(28)14-30-24(27)18-7-11-20(12-8-18)26-23(29)17-5-9-19(25)10-6-17/h3-13,24H,14H2,1-2H3,(H,26,29)/t24-/m0/s1. The summed E-state index contributed by atoms with van der Waals surface area (Å²) < 4.78 is 13.0. The molecule has 152 valence electrons. The van der Waals surface area contributed by atoms with E-state index in [1.807, 2.05) is 61.2 Å². The fourth-order valence-electron chi connectivity index (χ4n) is 3.45.